The van der Waals surface area contributed by atoms with E-state index in [0.717, 1.165) is 5.01 Å². The first-order chi connectivity index (χ1) is 7.71. The first-order valence-electron chi connectivity index (χ1n) is 5.27. The lowest BCUT2D eigenvalue weighted by Gasteiger charge is -2.12. The van der Waals surface area contributed by atoms with Gasteiger partial charge in [0.1, 0.15) is 5.69 Å². The topological polar surface area (TPSA) is 88.2 Å². The molecule has 1 rings (SSSR count). The molecule has 1 amide bonds. The average Bonchev–Trinajstić information content (AvgIpc) is 2.74. The maximum atomic E-state index is 11.7. The number of aliphatic hydroxyl groups is 1. The number of aromatic nitrogens is 1. The molecule has 5 nitrogen and oxygen atoms in total. The van der Waals surface area contributed by atoms with E-state index in [1.165, 1.54) is 11.3 Å². The van der Waals surface area contributed by atoms with Gasteiger partial charge in [-0.05, 0) is 13.0 Å². The Kier molecular flexibility index (Phi) is 5.37. The van der Waals surface area contributed by atoms with E-state index in [9.17, 15) is 4.79 Å². The van der Waals surface area contributed by atoms with Crippen LogP contribution < -0.4 is 11.1 Å². The Hall–Kier alpha value is -0.980. The average molecular weight is 243 g/mol. The third-order valence-electron chi connectivity index (χ3n) is 2.19. The number of rotatable bonds is 6. The fourth-order valence-corrected chi connectivity index (χ4v) is 1.98. The van der Waals surface area contributed by atoms with Crippen molar-refractivity contribution >= 4 is 17.2 Å². The van der Waals surface area contributed by atoms with E-state index in [-0.39, 0.29) is 18.6 Å². The van der Waals surface area contributed by atoms with Gasteiger partial charge in [-0.2, -0.15) is 0 Å². The molecular weight excluding hydrogens is 226 g/mol. The van der Waals surface area contributed by atoms with E-state index in [2.05, 4.69) is 10.3 Å². The molecule has 0 aliphatic heterocycles. The molecule has 4 N–H and O–H groups in total. The van der Waals surface area contributed by atoms with Gasteiger partial charge < -0.3 is 16.2 Å². The van der Waals surface area contributed by atoms with Crippen molar-refractivity contribution in [1.29, 1.82) is 0 Å². The summed E-state index contributed by atoms with van der Waals surface area (Å²) in [5, 5.41) is 14.3. The molecule has 16 heavy (non-hydrogen) atoms. The van der Waals surface area contributed by atoms with Gasteiger partial charge in [0, 0.05) is 11.8 Å². The molecule has 0 spiro atoms. The van der Waals surface area contributed by atoms with Gasteiger partial charge >= 0.3 is 0 Å². The van der Waals surface area contributed by atoms with Crippen LogP contribution in [0.25, 0.3) is 0 Å². The SMILES string of the molecule is CC[C@@H](CO)NC(=O)c1csc(CCN)n1. The summed E-state index contributed by atoms with van der Waals surface area (Å²) in [5.74, 6) is -0.236. The summed E-state index contributed by atoms with van der Waals surface area (Å²) in [6, 6.07) is -0.202. The van der Waals surface area contributed by atoms with Crippen LogP contribution in [-0.2, 0) is 6.42 Å². The Morgan fingerprint density at radius 3 is 3.06 bits per heavy atom. The summed E-state index contributed by atoms with van der Waals surface area (Å²) >= 11 is 1.43. The predicted octanol–water partition coefficient (Wildman–Crippen LogP) is 0.145. The van der Waals surface area contributed by atoms with E-state index in [4.69, 9.17) is 10.8 Å². The van der Waals surface area contributed by atoms with Crippen molar-refractivity contribution in [2.24, 2.45) is 5.73 Å². The highest BCUT2D eigenvalue weighted by molar-refractivity contribution is 7.09. The Balaban J connectivity index is 2.58. The van der Waals surface area contributed by atoms with Crippen molar-refractivity contribution in [3.8, 4) is 0 Å². The Labute approximate surface area is 98.7 Å². The molecule has 90 valence electrons. The maximum absolute atomic E-state index is 11.7. The van der Waals surface area contributed by atoms with E-state index < -0.39 is 0 Å². The molecule has 1 aromatic rings. The van der Waals surface area contributed by atoms with Crippen molar-refractivity contribution in [2.45, 2.75) is 25.8 Å². The summed E-state index contributed by atoms with van der Waals surface area (Å²) in [7, 11) is 0. The third-order valence-corrected chi connectivity index (χ3v) is 3.10. The van der Waals surface area contributed by atoms with Gasteiger partial charge in [-0.1, -0.05) is 6.92 Å². The number of amides is 1. The quantitative estimate of drug-likeness (QED) is 0.663. The van der Waals surface area contributed by atoms with Crippen molar-refractivity contribution in [3.05, 3.63) is 16.1 Å². The number of carbonyl (C=O) groups is 1. The Bertz CT molecular complexity index is 337. The normalized spacial score (nSPS) is 12.4. The number of hydrogen-bond acceptors (Lipinski definition) is 5. The minimum absolute atomic E-state index is 0.0535. The second-order valence-electron chi connectivity index (χ2n) is 3.43. The van der Waals surface area contributed by atoms with Crippen LogP contribution in [0.1, 0.15) is 28.8 Å². The van der Waals surface area contributed by atoms with E-state index in [0.29, 0.717) is 25.1 Å². The lowest BCUT2D eigenvalue weighted by Crippen LogP contribution is -2.37. The molecule has 0 aliphatic carbocycles. The summed E-state index contributed by atoms with van der Waals surface area (Å²) in [6.07, 6.45) is 1.39. The molecule has 0 fully saturated rings. The molecule has 0 aliphatic rings. The smallest absolute Gasteiger partial charge is 0.271 e. The molecule has 0 saturated heterocycles. The van der Waals surface area contributed by atoms with Crippen LogP contribution in [0.5, 0.6) is 0 Å². The van der Waals surface area contributed by atoms with Crippen LogP contribution in [0.4, 0.5) is 0 Å². The van der Waals surface area contributed by atoms with Crippen molar-refractivity contribution < 1.29 is 9.90 Å². The second kappa shape index (κ2) is 6.57. The second-order valence-corrected chi connectivity index (χ2v) is 4.37. The lowest BCUT2D eigenvalue weighted by atomic mass is 10.2. The highest BCUT2D eigenvalue weighted by Gasteiger charge is 2.14. The van der Waals surface area contributed by atoms with E-state index in [1.807, 2.05) is 6.92 Å². The van der Waals surface area contributed by atoms with E-state index in [1.54, 1.807) is 5.38 Å². The summed E-state index contributed by atoms with van der Waals surface area (Å²) < 4.78 is 0. The monoisotopic (exact) mass is 243 g/mol. The zero-order chi connectivity index (χ0) is 12.0. The van der Waals surface area contributed by atoms with Crippen LogP contribution in [0.15, 0.2) is 5.38 Å². The molecule has 1 aromatic heterocycles. The minimum atomic E-state index is -0.236. The van der Waals surface area contributed by atoms with Gasteiger partial charge in [-0.15, -0.1) is 11.3 Å². The zero-order valence-electron chi connectivity index (χ0n) is 9.27. The number of nitrogens with two attached hydrogens (primary N) is 1. The number of carbonyl (C=O) groups excluding carboxylic acids is 1. The number of aliphatic hydroxyl groups excluding tert-OH is 1. The Morgan fingerprint density at radius 1 is 1.75 bits per heavy atom. The third kappa shape index (κ3) is 3.55. The van der Waals surface area contributed by atoms with Gasteiger partial charge in [0.05, 0.1) is 17.7 Å². The fourth-order valence-electron chi connectivity index (χ4n) is 1.19. The first kappa shape index (κ1) is 13.1. The molecule has 1 heterocycles. The highest BCUT2D eigenvalue weighted by atomic mass is 32.1. The molecule has 1 atom stereocenters. The highest BCUT2D eigenvalue weighted by Crippen LogP contribution is 2.10. The van der Waals surface area contributed by atoms with Crippen LogP contribution in [0.3, 0.4) is 0 Å². The maximum Gasteiger partial charge on any atom is 0.271 e. The van der Waals surface area contributed by atoms with E-state index >= 15 is 0 Å². The summed E-state index contributed by atoms with van der Waals surface area (Å²) in [4.78, 5) is 15.8. The van der Waals surface area contributed by atoms with Gasteiger partial charge in [0.15, 0.2) is 0 Å². The minimum Gasteiger partial charge on any atom is -0.394 e. The first-order valence-corrected chi connectivity index (χ1v) is 6.15. The van der Waals surface area contributed by atoms with Crippen molar-refractivity contribution in [2.75, 3.05) is 13.2 Å². The molecule has 0 saturated carbocycles. The molecule has 0 bridgehead atoms. The number of hydrogen-bond donors (Lipinski definition) is 3. The van der Waals surface area contributed by atoms with Gasteiger partial charge in [-0.25, -0.2) is 4.98 Å². The fraction of sp³-hybridized carbons (Fsp3) is 0.600. The summed E-state index contributed by atoms with van der Waals surface area (Å²) in [5.41, 5.74) is 5.81. The predicted molar refractivity (Wildman–Crippen MR) is 63.5 cm³/mol. The zero-order valence-corrected chi connectivity index (χ0v) is 10.1. The Morgan fingerprint density at radius 2 is 2.50 bits per heavy atom. The number of nitrogens with one attached hydrogen (secondary N) is 1. The number of thiazole rings is 1. The van der Waals surface area contributed by atoms with Crippen molar-refractivity contribution in [1.82, 2.24) is 10.3 Å². The van der Waals surface area contributed by atoms with Gasteiger partial charge in [0.2, 0.25) is 0 Å². The van der Waals surface area contributed by atoms with Crippen LogP contribution in [0, 0.1) is 0 Å². The molecule has 0 unspecified atom stereocenters. The van der Waals surface area contributed by atoms with Crippen LogP contribution >= 0.6 is 11.3 Å². The largest absolute Gasteiger partial charge is 0.394 e. The molecule has 0 radical (unpaired) electrons. The molecule has 6 heteroatoms. The molecular formula is C10H17N3O2S. The number of nitrogens with zero attached hydrogens (tertiary/aromatic N) is 1. The van der Waals surface area contributed by atoms with Crippen LogP contribution in [0.2, 0.25) is 0 Å². The lowest BCUT2D eigenvalue weighted by molar-refractivity contribution is 0.0910. The summed E-state index contributed by atoms with van der Waals surface area (Å²) in [6.45, 7) is 2.38. The van der Waals surface area contributed by atoms with Gasteiger partial charge in [-0.3, -0.25) is 4.79 Å². The van der Waals surface area contributed by atoms with Crippen LogP contribution in [-0.4, -0.2) is 35.2 Å². The standard InChI is InChI=1S/C10H17N3O2S/c1-2-7(5-14)12-10(15)8-6-16-9(13-8)3-4-11/h6-7,14H,2-5,11H2,1H3,(H,12,15)/t7-/m0/s1. The van der Waals surface area contributed by atoms with Gasteiger partial charge in [0.25, 0.3) is 5.91 Å². The molecule has 0 aromatic carbocycles. The van der Waals surface area contributed by atoms with Crippen molar-refractivity contribution in [3.63, 3.8) is 0 Å².